The van der Waals surface area contributed by atoms with Crippen LogP contribution in [-0.2, 0) is 6.61 Å². The maximum Gasteiger partial charge on any atom is 0.350 e. The second kappa shape index (κ2) is 9.65. The molecule has 0 unspecified atom stereocenters. The van der Waals surface area contributed by atoms with Crippen LogP contribution in [0, 0.1) is 0 Å². The van der Waals surface area contributed by atoms with Crippen LogP contribution in [0.5, 0.6) is 23.4 Å². The molecule has 0 radical (unpaired) electrons. The number of hydrazine groups is 2. The Balaban J connectivity index is 1.84. The maximum absolute atomic E-state index is 11.8. The summed E-state index contributed by atoms with van der Waals surface area (Å²) in [5.41, 5.74) is 3.48. The number of benzene rings is 1. The van der Waals surface area contributed by atoms with Gasteiger partial charge in [-0.2, -0.15) is 4.98 Å². The molecule has 0 fully saturated rings. The summed E-state index contributed by atoms with van der Waals surface area (Å²) in [6.07, 6.45) is 1.70. The number of hydrogen-bond donors (Lipinski definition) is 3. The van der Waals surface area contributed by atoms with Gasteiger partial charge in [-0.1, -0.05) is 6.07 Å². The van der Waals surface area contributed by atoms with Gasteiger partial charge in [0.25, 0.3) is 0 Å². The zero-order valence-electron chi connectivity index (χ0n) is 17.2. The number of nitrogens with zero attached hydrogens (tertiary/aromatic N) is 4. The monoisotopic (exact) mass is 429 g/mol. The van der Waals surface area contributed by atoms with Gasteiger partial charge in [-0.05, 0) is 18.2 Å². The Hall–Kier alpha value is -4.03. The minimum absolute atomic E-state index is 0.0277. The van der Waals surface area contributed by atoms with Gasteiger partial charge in [0, 0.05) is 18.3 Å². The average Bonchev–Trinajstić information content (AvgIpc) is 3.29. The maximum atomic E-state index is 11.8. The normalized spacial score (nSPS) is 10.4. The molecule has 2 aromatic heterocycles. The number of anilines is 1. The Morgan fingerprint density at radius 3 is 2.58 bits per heavy atom. The highest BCUT2D eigenvalue weighted by Crippen LogP contribution is 2.30. The van der Waals surface area contributed by atoms with E-state index < -0.39 is 6.03 Å². The van der Waals surface area contributed by atoms with Crippen molar-refractivity contribution in [3.8, 4) is 29.1 Å². The molecule has 0 atom stereocenters. The van der Waals surface area contributed by atoms with E-state index in [-0.39, 0.29) is 6.61 Å². The fraction of sp³-hybridized carbons (Fsp3) is 0.211. The van der Waals surface area contributed by atoms with Crippen molar-refractivity contribution >= 4 is 11.7 Å². The number of urea groups is 1. The number of amides is 2. The highest BCUT2D eigenvalue weighted by atomic mass is 16.5. The van der Waals surface area contributed by atoms with Crippen molar-refractivity contribution in [2.45, 2.75) is 6.61 Å². The van der Waals surface area contributed by atoms with E-state index in [9.17, 15) is 4.79 Å². The van der Waals surface area contributed by atoms with Gasteiger partial charge in [0.05, 0.1) is 32.6 Å². The highest BCUT2D eigenvalue weighted by Gasteiger charge is 2.19. The molecule has 0 aliphatic heterocycles. The number of nitrogens with one attached hydrogen (secondary N) is 1. The predicted octanol–water partition coefficient (Wildman–Crippen LogP) is 1.14. The van der Waals surface area contributed by atoms with E-state index in [4.69, 9.17) is 30.6 Å². The number of carbonyl (C=O) groups excluding carboxylic acids is 1. The lowest BCUT2D eigenvalue weighted by Gasteiger charge is -2.21. The predicted molar refractivity (Wildman–Crippen MR) is 111 cm³/mol. The fourth-order valence-corrected chi connectivity index (χ4v) is 2.81. The summed E-state index contributed by atoms with van der Waals surface area (Å²) in [7, 11) is 4.53. The van der Waals surface area contributed by atoms with Gasteiger partial charge in [0.2, 0.25) is 17.6 Å². The third-order valence-electron chi connectivity index (χ3n) is 4.32. The molecule has 2 heterocycles. The van der Waals surface area contributed by atoms with Gasteiger partial charge >= 0.3 is 6.03 Å². The van der Waals surface area contributed by atoms with Crippen LogP contribution in [0.3, 0.4) is 0 Å². The first kappa shape index (κ1) is 21.7. The standard InChI is InChI=1S/C19H23N7O5/c1-28-15-6-4-5-13(26(21)19(27)23-20)12(15)11-31-17-9-10-25(24-17)14-7-8-16(29-2)22-18(14)30-3/h4-10H,11,20-21H2,1-3H3,(H,23,27). The first-order valence-electron chi connectivity index (χ1n) is 9.01. The first-order chi connectivity index (χ1) is 15.0. The number of ether oxygens (including phenoxy) is 4. The van der Waals surface area contributed by atoms with Crippen molar-refractivity contribution < 1.29 is 23.7 Å². The third-order valence-corrected chi connectivity index (χ3v) is 4.32. The molecule has 0 saturated carbocycles. The Kier molecular flexibility index (Phi) is 6.74. The van der Waals surface area contributed by atoms with Crippen molar-refractivity contribution in [3.05, 3.63) is 48.2 Å². The number of aromatic nitrogens is 3. The molecular weight excluding hydrogens is 406 g/mol. The second-order valence-electron chi connectivity index (χ2n) is 6.05. The molecule has 1 aromatic carbocycles. The van der Waals surface area contributed by atoms with Gasteiger partial charge in [-0.25, -0.2) is 26.2 Å². The minimum Gasteiger partial charge on any atom is -0.496 e. The van der Waals surface area contributed by atoms with E-state index in [0.29, 0.717) is 40.3 Å². The van der Waals surface area contributed by atoms with Gasteiger partial charge in [-0.15, -0.1) is 5.10 Å². The molecule has 0 spiro atoms. The molecule has 3 rings (SSSR count). The lowest BCUT2D eigenvalue weighted by molar-refractivity contribution is 0.246. The summed E-state index contributed by atoms with van der Waals surface area (Å²) in [5.74, 6) is 12.6. The molecule has 12 nitrogen and oxygen atoms in total. The van der Waals surface area contributed by atoms with E-state index >= 15 is 0 Å². The van der Waals surface area contributed by atoms with Crippen molar-refractivity contribution in [1.29, 1.82) is 0 Å². The Labute approximate surface area is 178 Å². The third kappa shape index (κ3) is 4.60. The van der Waals surface area contributed by atoms with Gasteiger partial charge in [0.15, 0.2) is 0 Å². The van der Waals surface area contributed by atoms with Crippen molar-refractivity contribution in [1.82, 2.24) is 20.2 Å². The number of carbonyl (C=O) groups is 1. The van der Waals surface area contributed by atoms with Crippen molar-refractivity contribution in [3.63, 3.8) is 0 Å². The minimum atomic E-state index is -0.696. The van der Waals surface area contributed by atoms with Crippen LogP contribution in [0.25, 0.3) is 5.69 Å². The van der Waals surface area contributed by atoms with Gasteiger partial charge in [-0.3, -0.25) is 5.43 Å². The van der Waals surface area contributed by atoms with Crippen molar-refractivity contribution in [2.75, 3.05) is 26.3 Å². The van der Waals surface area contributed by atoms with E-state index in [1.165, 1.54) is 21.3 Å². The quantitative estimate of drug-likeness (QED) is 0.272. The lowest BCUT2D eigenvalue weighted by atomic mass is 10.1. The molecule has 31 heavy (non-hydrogen) atoms. The van der Waals surface area contributed by atoms with Crippen LogP contribution in [0.15, 0.2) is 42.6 Å². The average molecular weight is 429 g/mol. The summed E-state index contributed by atoms with van der Waals surface area (Å²) in [5, 5.41) is 5.26. The summed E-state index contributed by atoms with van der Waals surface area (Å²) in [4.78, 5) is 16.1. The van der Waals surface area contributed by atoms with E-state index in [1.807, 2.05) is 5.43 Å². The molecule has 0 aliphatic rings. The van der Waals surface area contributed by atoms with Crippen LogP contribution in [0.4, 0.5) is 10.5 Å². The number of rotatable bonds is 8. The zero-order chi connectivity index (χ0) is 22.4. The zero-order valence-corrected chi connectivity index (χ0v) is 17.2. The summed E-state index contributed by atoms with van der Waals surface area (Å²) in [6.45, 7) is 0.0277. The topological polar surface area (TPSA) is 152 Å². The van der Waals surface area contributed by atoms with E-state index in [2.05, 4.69) is 10.1 Å². The number of methoxy groups -OCH3 is 3. The van der Waals surface area contributed by atoms with Crippen LogP contribution in [0.2, 0.25) is 0 Å². The number of hydrogen-bond acceptors (Lipinski definition) is 9. The Morgan fingerprint density at radius 2 is 1.90 bits per heavy atom. The van der Waals surface area contributed by atoms with Gasteiger partial charge in [0.1, 0.15) is 18.0 Å². The molecule has 12 heteroatoms. The van der Waals surface area contributed by atoms with E-state index in [1.54, 1.807) is 47.3 Å². The summed E-state index contributed by atoms with van der Waals surface area (Å²) < 4.78 is 23.2. The number of pyridine rings is 1. The second-order valence-corrected chi connectivity index (χ2v) is 6.05. The molecule has 2 amide bonds. The molecule has 0 aliphatic carbocycles. The summed E-state index contributed by atoms with van der Waals surface area (Å²) in [6, 6.07) is 9.49. The summed E-state index contributed by atoms with van der Waals surface area (Å²) >= 11 is 0. The van der Waals surface area contributed by atoms with Crippen molar-refractivity contribution in [2.24, 2.45) is 11.7 Å². The lowest BCUT2D eigenvalue weighted by Crippen LogP contribution is -2.48. The fourth-order valence-electron chi connectivity index (χ4n) is 2.81. The molecule has 5 N–H and O–H groups in total. The van der Waals surface area contributed by atoms with Gasteiger partial charge < -0.3 is 18.9 Å². The Bertz CT molecular complexity index is 1060. The Morgan fingerprint density at radius 1 is 1.10 bits per heavy atom. The van der Waals surface area contributed by atoms with Crippen LogP contribution in [0.1, 0.15) is 5.56 Å². The first-order valence-corrected chi connectivity index (χ1v) is 9.01. The molecule has 3 aromatic rings. The number of nitrogens with two attached hydrogens (primary N) is 2. The van der Waals surface area contributed by atoms with Crippen LogP contribution < -0.4 is 41.1 Å². The van der Waals surface area contributed by atoms with Crippen LogP contribution in [-0.4, -0.2) is 42.1 Å². The molecule has 0 bridgehead atoms. The van der Waals surface area contributed by atoms with E-state index in [0.717, 1.165) is 5.01 Å². The highest BCUT2D eigenvalue weighted by molar-refractivity contribution is 5.91. The SMILES string of the molecule is COc1ccc(-n2ccc(OCc3c(OC)cccc3N(N)C(=O)NN)n2)c(OC)n1. The van der Waals surface area contributed by atoms with Crippen LogP contribution >= 0.6 is 0 Å². The molecule has 164 valence electrons. The smallest absolute Gasteiger partial charge is 0.350 e. The molecular formula is C19H23N7O5. The largest absolute Gasteiger partial charge is 0.496 e. The molecule has 0 saturated heterocycles.